The Morgan fingerprint density at radius 2 is 1.94 bits per heavy atom. The Balaban J connectivity index is 1.55. The zero-order valence-electron chi connectivity index (χ0n) is 18.5. The molecule has 4 rings (SSSR count). The summed E-state index contributed by atoms with van der Waals surface area (Å²) in [5.74, 6) is -0.238. The van der Waals surface area contributed by atoms with Crippen LogP contribution in [-0.2, 0) is 17.9 Å². The minimum absolute atomic E-state index is 0.00265. The molecule has 0 N–H and O–H groups in total. The lowest BCUT2D eigenvalue weighted by molar-refractivity contribution is -0.123. The maximum atomic E-state index is 13.4. The van der Waals surface area contributed by atoms with Crippen molar-refractivity contribution in [2.24, 2.45) is 0 Å². The third-order valence-electron chi connectivity index (χ3n) is 5.16. The highest BCUT2D eigenvalue weighted by Gasteiger charge is 2.35. The number of imide groups is 1. The molecule has 9 heteroatoms. The van der Waals surface area contributed by atoms with Crippen LogP contribution in [0.2, 0.25) is 5.02 Å². The summed E-state index contributed by atoms with van der Waals surface area (Å²) in [5.41, 5.74) is 2.15. The molecule has 0 bridgehead atoms. The lowest BCUT2D eigenvalue weighted by Crippen LogP contribution is -2.27. The number of ether oxygens (including phenoxy) is 2. The number of carbonyl (C=O) groups excluding carboxylic acids is 2. The van der Waals surface area contributed by atoms with Crippen molar-refractivity contribution >= 4 is 40.6 Å². The first-order chi connectivity index (χ1) is 16.9. The van der Waals surface area contributed by atoms with Crippen molar-refractivity contribution in [2.75, 3.05) is 7.11 Å². The molecule has 0 radical (unpaired) electrons. The predicted molar refractivity (Wildman–Crippen MR) is 131 cm³/mol. The second kappa shape index (κ2) is 10.6. The van der Waals surface area contributed by atoms with Gasteiger partial charge >= 0.3 is 0 Å². The van der Waals surface area contributed by atoms with E-state index in [4.69, 9.17) is 21.1 Å². The van der Waals surface area contributed by atoms with E-state index in [1.165, 1.54) is 19.2 Å². The molecule has 35 heavy (non-hydrogen) atoms. The lowest BCUT2D eigenvalue weighted by atomic mass is 10.1. The summed E-state index contributed by atoms with van der Waals surface area (Å²) in [4.78, 5) is 26.8. The summed E-state index contributed by atoms with van der Waals surface area (Å²) in [5, 5.41) is 9.08. The Kier molecular flexibility index (Phi) is 7.39. The molecule has 0 aromatic heterocycles. The fourth-order valence-electron chi connectivity index (χ4n) is 3.47. The van der Waals surface area contributed by atoms with Crippen molar-refractivity contribution in [3.63, 3.8) is 0 Å². The Hall–Kier alpha value is -3.80. The van der Waals surface area contributed by atoms with Crippen LogP contribution in [0.25, 0.3) is 6.08 Å². The molecule has 0 atom stereocenters. The molecule has 1 aliphatic heterocycles. The Morgan fingerprint density at radius 1 is 1.14 bits per heavy atom. The SMILES string of the molecule is COc1cc(/C=C2/SC(=O)N(Cc3ccccc3C#N)C2=O)cc(Cl)c1OCc1cccc(F)c1. The summed E-state index contributed by atoms with van der Waals surface area (Å²) in [6.45, 7) is 0.0823. The second-order valence-electron chi connectivity index (χ2n) is 7.49. The van der Waals surface area contributed by atoms with E-state index in [-0.39, 0.29) is 34.6 Å². The Morgan fingerprint density at radius 3 is 2.69 bits per heavy atom. The number of hydrogen-bond donors (Lipinski definition) is 0. The average Bonchev–Trinajstić information content (AvgIpc) is 3.10. The first-order valence-electron chi connectivity index (χ1n) is 10.4. The first kappa shape index (κ1) is 24.3. The number of methoxy groups -OCH3 is 1. The number of halogens is 2. The van der Waals surface area contributed by atoms with Gasteiger partial charge in [0.1, 0.15) is 12.4 Å². The van der Waals surface area contributed by atoms with E-state index in [2.05, 4.69) is 6.07 Å². The normalized spacial score (nSPS) is 14.3. The Bertz CT molecular complexity index is 1390. The van der Waals surface area contributed by atoms with Crippen molar-refractivity contribution in [3.8, 4) is 17.6 Å². The van der Waals surface area contributed by atoms with E-state index in [0.717, 1.165) is 16.7 Å². The van der Waals surface area contributed by atoms with Gasteiger partial charge in [-0.05, 0) is 64.9 Å². The van der Waals surface area contributed by atoms with Crippen LogP contribution in [-0.4, -0.2) is 23.2 Å². The standard InChI is InChI=1S/C26H18ClFN2O4S/c1-33-22-11-17(10-21(27)24(22)34-15-16-5-4-8-20(28)9-16)12-23-25(31)30(26(32)35-23)14-19-7-3-2-6-18(19)13-29/h2-12H,14-15H2,1H3/b23-12+. The fourth-order valence-corrected chi connectivity index (χ4v) is 4.58. The molecule has 0 aliphatic carbocycles. The van der Waals surface area contributed by atoms with E-state index in [9.17, 15) is 19.2 Å². The lowest BCUT2D eigenvalue weighted by Gasteiger charge is -2.14. The summed E-state index contributed by atoms with van der Waals surface area (Å²) in [6, 6.07) is 18.1. The molecule has 3 aromatic carbocycles. The van der Waals surface area contributed by atoms with Crippen LogP contribution in [0.5, 0.6) is 11.5 Å². The largest absolute Gasteiger partial charge is 0.493 e. The average molecular weight is 509 g/mol. The van der Waals surface area contributed by atoms with Gasteiger partial charge in [-0.25, -0.2) is 4.39 Å². The topological polar surface area (TPSA) is 79.6 Å². The molecule has 1 fully saturated rings. The van der Waals surface area contributed by atoms with Gasteiger partial charge in [0, 0.05) is 0 Å². The minimum atomic E-state index is -0.464. The van der Waals surface area contributed by atoms with E-state index in [1.54, 1.807) is 54.6 Å². The third kappa shape index (κ3) is 5.48. The van der Waals surface area contributed by atoms with Gasteiger partial charge in [0.05, 0.1) is 35.2 Å². The van der Waals surface area contributed by atoms with Crippen molar-refractivity contribution in [3.05, 3.63) is 98.7 Å². The fraction of sp³-hybridized carbons (Fsp3) is 0.115. The molecule has 0 spiro atoms. The van der Waals surface area contributed by atoms with Gasteiger partial charge in [0.25, 0.3) is 11.1 Å². The number of rotatable bonds is 7. The number of hydrogen-bond acceptors (Lipinski definition) is 6. The molecule has 1 saturated heterocycles. The van der Waals surface area contributed by atoms with Crippen LogP contribution in [0.3, 0.4) is 0 Å². The van der Waals surface area contributed by atoms with Gasteiger partial charge < -0.3 is 9.47 Å². The minimum Gasteiger partial charge on any atom is -0.493 e. The van der Waals surface area contributed by atoms with Crippen LogP contribution < -0.4 is 9.47 Å². The number of nitrogens with zero attached hydrogens (tertiary/aromatic N) is 2. The highest BCUT2D eigenvalue weighted by Crippen LogP contribution is 2.39. The third-order valence-corrected chi connectivity index (χ3v) is 6.35. The zero-order valence-corrected chi connectivity index (χ0v) is 20.0. The molecular weight excluding hydrogens is 491 g/mol. The molecule has 2 amide bonds. The maximum absolute atomic E-state index is 13.4. The molecule has 1 aliphatic rings. The quantitative estimate of drug-likeness (QED) is 0.355. The second-order valence-corrected chi connectivity index (χ2v) is 8.89. The van der Waals surface area contributed by atoms with E-state index < -0.39 is 11.1 Å². The number of benzene rings is 3. The maximum Gasteiger partial charge on any atom is 0.293 e. The van der Waals surface area contributed by atoms with Crippen molar-refractivity contribution in [1.82, 2.24) is 4.90 Å². The molecule has 0 unspecified atom stereocenters. The molecular formula is C26H18ClFN2O4S. The summed E-state index contributed by atoms with van der Waals surface area (Å²) in [6.07, 6.45) is 1.55. The van der Waals surface area contributed by atoms with Crippen LogP contribution in [0.15, 0.2) is 65.6 Å². The van der Waals surface area contributed by atoms with Gasteiger partial charge in [-0.2, -0.15) is 5.26 Å². The van der Waals surface area contributed by atoms with Crippen molar-refractivity contribution in [1.29, 1.82) is 5.26 Å². The van der Waals surface area contributed by atoms with Crippen molar-refractivity contribution in [2.45, 2.75) is 13.2 Å². The number of carbonyl (C=O) groups is 2. The van der Waals surface area contributed by atoms with Crippen molar-refractivity contribution < 1.29 is 23.5 Å². The molecule has 0 saturated carbocycles. The summed E-state index contributed by atoms with van der Waals surface area (Å²) in [7, 11) is 1.45. The van der Waals surface area contributed by atoms with Gasteiger partial charge in [-0.1, -0.05) is 41.9 Å². The highest BCUT2D eigenvalue weighted by molar-refractivity contribution is 8.18. The van der Waals surface area contributed by atoms with Crippen LogP contribution >= 0.6 is 23.4 Å². The smallest absolute Gasteiger partial charge is 0.293 e. The predicted octanol–water partition coefficient (Wildman–Crippen LogP) is 6.17. The van der Waals surface area contributed by atoms with E-state index in [1.807, 2.05) is 0 Å². The van der Waals surface area contributed by atoms with Crippen LogP contribution in [0.4, 0.5) is 9.18 Å². The van der Waals surface area contributed by atoms with Gasteiger partial charge in [0.2, 0.25) is 0 Å². The summed E-state index contributed by atoms with van der Waals surface area (Å²) < 4.78 is 24.6. The number of amides is 2. The van der Waals surface area contributed by atoms with Gasteiger partial charge in [-0.15, -0.1) is 0 Å². The molecule has 1 heterocycles. The number of nitriles is 1. The zero-order chi connectivity index (χ0) is 24.9. The summed E-state index contributed by atoms with van der Waals surface area (Å²) >= 11 is 7.23. The highest BCUT2D eigenvalue weighted by atomic mass is 35.5. The van der Waals surface area contributed by atoms with Gasteiger partial charge in [0.15, 0.2) is 11.5 Å². The van der Waals surface area contributed by atoms with Crippen LogP contribution in [0, 0.1) is 17.1 Å². The number of thioether (sulfide) groups is 1. The first-order valence-corrected chi connectivity index (χ1v) is 11.6. The van der Waals surface area contributed by atoms with Gasteiger partial charge in [-0.3, -0.25) is 14.5 Å². The molecule has 176 valence electrons. The van der Waals surface area contributed by atoms with E-state index in [0.29, 0.717) is 28.0 Å². The monoisotopic (exact) mass is 508 g/mol. The Labute approximate surface area is 210 Å². The van der Waals surface area contributed by atoms with Crippen LogP contribution in [0.1, 0.15) is 22.3 Å². The molecule has 3 aromatic rings. The van der Waals surface area contributed by atoms with E-state index >= 15 is 0 Å². The molecule has 6 nitrogen and oxygen atoms in total.